The molecule has 3 heteroatoms. The van der Waals surface area contributed by atoms with Crippen molar-refractivity contribution in [2.45, 2.75) is 40.2 Å². The van der Waals surface area contributed by atoms with E-state index in [0.717, 1.165) is 17.8 Å². The molecule has 1 aromatic rings. The van der Waals surface area contributed by atoms with Gasteiger partial charge < -0.3 is 5.73 Å². The van der Waals surface area contributed by atoms with Crippen LogP contribution in [-0.2, 0) is 6.42 Å². The van der Waals surface area contributed by atoms with Crippen LogP contribution in [0.4, 0.5) is 0 Å². The van der Waals surface area contributed by atoms with Gasteiger partial charge in [-0.1, -0.05) is 20.8 Å². The maximum absolute atomic E-state index is 6.08. The minimum Gasteiger partial charge on any atom is -0.327 e. The molecule has 0 aliphatic carbocycles. The molecular formula is C12H21N3. The lowest BCUT2D eigenvalue weighted by Gasteiger charge is -2.22. The van der Waals surface area contributed by atoms with Crippen LogP contribution in [0.3, 0.4) is 0 Å². The van der Waals surface area contributed by atoms with E-state index in [1.54, 1.807) is 0 Å². The van der Waals surface area contributed by atoms with Crippen molar-refractivity contribution in [3.63, 3.8) is 0 Å². The van der Waals surface area contributed by atoms with Crippen molar-refractivity contribution in [2.75, 3.05) is 0 Å². The zero-order valence-corrected chi connectivity index (χ0v) is 10.1. The lowest BCUT2D eigenvalue weighted by molar-refractivity contribution is 0.357. The van der Waals surface area contributed by atoms with E-state index in [-0.39, 0.29) is 6.04 Å². The van der Waals surface area contributed by atoms with E-state index in [1.807, 2.05) is 19.3 Å². The fourth-order valence-electron chi connectivity index (χ4n) is 1.61. The van der Waals surface area contributed by atoms with Crippen LogP contribution < -0.4 is 5.73 Å². The topological polar surface area (TPSA) is 51.8 Å². The monoisotopic (exact) mass is 207 g/mol. The average Bonchev–Trinajstić information content (AvgIpc) is 2.20. The van der Waals surface area contributed by atoms with Crippen molar-refractivity contribution >= 4 is 0 Å². The van der Waals surface area contributed by atoms with Gasteiger partial charge >= 0.3 is 0 Å². The third-order valence-corrected chi connectivity index (χ3v) is 2.77. The van der Waals surface area contributed by atoms with Gasteiger partial charge in [-0.15, -0.1) is 0 Å². The predicted molar refractivity (Wildman–Crippen MR) is 62.5 cm³/mol. The summed E-state index contributed by atoms with van der Waals surface area (Å²) in [6, 6.07) is 0.218. The van der Waals surface area contributed by atoms with Crippen LogP contribution in [0.1, 0.15) is 32.2 Å². The zero-order chi connectivity index (χ0) is 11.4. The predicted octanol–water partition coefficient (Wildman–Crippen LogP) is 1.95. The molecule has 0 bridgehead atoms. The quantitative estimate of drug-likeness (QED) is 0.821. The average molecular weight is 207 g/mol. The molecule has 0 aromatic carbocycles. The summed E-state index contributed by atoms with van der Waals surface area (Å²) in [5.41, 5.74) is 7.18. The molecule has 0 amide bonds. The Labute approximate surface area is 92.1 Å². The molecule has 84 valence electrons. The van der Waals surface area contributed by atoms with Gasteiger partial charge in [-0.3, -0.25) is 0 Å². The van der Waals surface area contributed by atoms with E-state index in [2.05, 4.69) is 30.7 Å². The van der Waals surface area contributed by atoms with Crippen LogP contribution in [0.15, 0.2) is 12.4 Å². The van der Waals surface area contributed by atoms with Gasteiger partial charge in [0.05, 0.1) is 0 Å². The second-order valence-corrected chi connectivity index (χ2v) is 4.68. The van der Waals surface area contributed by atoms with Crippen molar-refractivity contribution in [2.24, 2.45) is 17.6 Å². The molecule has 1 rings (SSSR count). The van der Waals surface area contributed by atoms with Crippen LogP contribution in [-0.4, -0.2) is 16.0 Å². The van der Waals surface area contributed by atoms with E-state index in [0.29, 0.717) is 11.8 Å². The first-order chi connectivity index (χ1) is 7.00. The molecule has 2 N–H and O–H groups in total. The number of hydrogen-bond acceptors (Lipinski definition) is 3. The summed E-state index contributed by atoms with van der Waals surface area (Å²) < 4.78 is 0. The Morgan fingerprint density at radius 2 is 1.73 bits per heavy atom. The van der Waals surface area contributed by atoms with E-state index in [1.165, 1.54) is 0 Å². The molecule has 1 aromatic heterocycles. The van der Waals surface area contributed by atoms with Gasteiger partial charge in [0.25, 0.3) is 0 Å². The van der Waals surface area contributed by atoms with Gasteiger partial charge in [0.1, 0.15) is 5.82 Å². The van der Waals surface area contributed by atoms with E-state index in [4.69, 9.17) is 5.73 Å². The highest BCUT2D eigenvalue weighted by Crippen LogP contribution is 2.13. The fourth-order valence-corrected chi connectivity index (χ4v) is 1.61. The number of rotatable bonds is 4. The first-order valence-electron chi connectivity index (χ1n) is 5.53. The van der Waals surface area contributed by atoms with Crippen molar-refractivity contribution in [1.29, 1.82) is 0 Å². The van der Waals surface area contributed by atoms with Crippen LogP contribution >= 0.6 is 0 Å². The molecule has 0 saturated carbocycles. The van der Waals surface area contributed by atoms with Crippen molar-refractivity contribution in [1.82, 2.24) is 9.97 Å². The number of aryl methyl sites for hydroxylation is 1. The highest BCUT2D eigenvalue weighted by molar-refractivity contribution is 5.02. The van der Waals surface area contributed by atoms with E-state index in [9.17, 15) is 0 Å². The third-order valence-electron chi connectivity index (χ3n) is 2.77. The molecular weight excluding hydrogens is 186 g/mol. The molecule has 0 aliphatic rings. The lowest BCUT2D eigenvalue weighted by Crippen LogP contribution is -2.34. The van der Waals surface area contributed by atoms with Gasteiger partial charge in [-0.05, 0) is 24.3 Å². The molecule has 2 unspecified atom stereocenters. The molecule has 15 heavy (non-hydrogen) atoms. The Balaban J connectivity index is 2.58. The summed E-state index contributed by atoms with van der Waals surface area (Å²) in [6.07, 6.45) is 4.57. The van der Waals surface area contributed by atoms with E-state index >= 15 is 0 Å². The Morgan fingerprint density at radius 1 is 1.20 bits per heavy atom. The summed E-state index contributed by atoms with van der Waals surface area (Å²) in [4.78, 5) is 8.59. The first-order valence-corrected chi connectivity index (χ1v) is 5.53. The van der Waals surface area contributed by atoms with Gasteiger partial charge in [0.2, 0.25) is 0 Å². The molecule has 1 heterocycles. The lowest BCUT2D eigenvalue weighted by atomic mass is 9.90. The summed E-state index contributed by atoms with van der Waals surface area (Å²) >= 11 is 0. The molecule has 2 atom stereocenters. The Hall–Kier alpha value is -0.960. The van der Waals surface area contributed by atoms with Crippen LogP contribution in [0.5, 0.6) is 0 Å². The Morgan fingerprint density at radius 3 is 2.20 bits per heavy atom. The summed E-state index contributed by atoms with van der Waals surface area (Å²) in [6.45, 7) is 8.45. The van der Waals surface area contributed by atoms with Gasteiger partial charge in [0.15, 0.2) is 0 Å². The third kappa shape index (κ3) is 3.59. The molecule has 3 nitrogen and oxygen atoms in total. The SMILES string of the molecule is Cc1cnc(CC(C)C(N)C(C)C)nc1. The molecule has 0 aliphatic heterocycles. The number of hydrogen-bond donors (Lipinski definition) is 1. The minimum atomic E-state index is 0.218. The minimum absolute atomic E-state index is 0.218. The van der Waals surface area contributed by atoms with Gasteiger partial charge in [-0.25, -0.2) is 9.97 Å². The van der Waals surface area contributed by atoms with Crippen LogP contribution in [0.25, 0.3) is 0 Å². The number of nitrogens with zero attached hydrogens (tertiary/aromatic N) is 2. The zero-order valence-electron chi connectivity index (χ0n) is 10.1. The van der Waals surface area contributed by atoms with Crippen molar-refractivity contribution < 1.29 is 0 Å². The van der Waals surface area contributed by atoms with Crippen LogP contribution in [0, 0.1) is 18.8 Å². The molecule has 0 fully saturated rings. The van der Waals surface area contributed by atoms with Gasteiger partial charge in [-0.2, -0.15) is 0 Å². The highest BCUT2D eigenvalue weighted by Gasteiger charge is 2.17. The number of aromatic nitrogens is 2. The fraction of sp³-hybridized carbons (Fsp3) is 0.667. The second-order valence-electron chi connectivity index (χ2n) is 4.68. The molecule has 0 radical (unpaired) electrons. The summed E-state index contributed by atoms with van der Waals surface area (Å²) in [7, 11) is 0. The van der Waals surface area contributed by atoms with Crippen molar-refractivity contribution in [3.8, 4) is 0 Å². The Bertz CT molecular complexity index is 292. The normalized spacial score (nSPS) is 15.3. The largest absolute Gasteiger partial charge is 0.327 e. The second kappa shape index (κ2) is 5.21. The summed E-state index contributed by atoms with van der Waals surface area (Å²) in [5, 5.41) is 0. The standard InChI is InChI=1S/C12H21N3/c1-8(2)12(13)10(4)5-11-14-6-9(3)7-15-11/h6-8,10,12H,5,13H2,1-4H3. The maximum Gasteiger partial charge on any atom is 0.128 e. The van der Waals surface area contributed by atoms with Crippen LogP contribution in [0.2, 0.25) is 0 Å². The smallest absolute Gasteiger partial charge is 0.128 e. The van der Waals surface area contributed by atoms with E-state index < -0.39 is 0 Å². The Kier molecular flexibility index (Phi) is 4.21. The first kappa shape index (κ1) is 12.1. The maximum atomic E-state index is 6.08. The molecule has 0 saturated heterocycles. The highest BCUT2D eigenvalue weighted by atomic mass is 14.9. The molecule has 0 spiro atoms. The van der Waals surface area contributed by atoms with Crippen molar-refractivity contribution in [3.05, 3.63) is 23.8 Å². The number of nitrogens with two attached hydrogens (primary N) is 1. The van der Waals surface area contributed by atoms with Gasteiger partial charge in [0, 0.05) is 24.9 Å². The summed E-state index contributed by atoms with van der Waals surface area (Å²) in [5.74, 6) is 1.82.